The molecule has 3 heterocycles. The van der Waals surface area contributed by atoms with E-state index in [1.54, 1.807) is 6.20 Å². The molecule has 2 fully saturated rings. The van der Waals surface area contributed by atoms with Crippen LogP contribution in [-0.4, -0.2) is 51.6 Å². The highest BCUT2D eigenvalue weighted by molar-refractivity contribution is 6.43. The van der Waals surface area contributed by atoms with Crippen LogP contribution in [0.1, 0.15) is 68.3 Å². The number of aromatic nitrogens is 1. The van der Waals surface area contributed by atoms with Gasteiger partial charge in [0.1, 0.15) is 5.75 Å². The summed E-state index contributed by atoms with van der Waals surface area (Å²) in [6.45, 7) is 8.31. The first-order valence-electron chi connectivity index (χ1n) is 14.6. The van der Waals surface area contributed by atoms with E-state index in [2.05, 4.69) is 18.0 Å². The Morgan fingerprint density at radius 3 is 2.55 bits per heavy atom. The Morgan fingerprint density at radius 2 is 1.90 bits per heavy atom. The summed E-state index contributed by atoms with van der Waals surface area (Å²) in [5, 5.41) is 21.1. The third kappa shape index (κ3) is 5.27. The monoisotopic (exact) mass is 542 g/mol. The van der Waals surface area contributed by atoms with Gasteiger partial charge in [-0.3, -0.25) is 19.5 Å². The molecule has 1 aromatic carbocycles. The number of benzene rings is 1. The molecule has 2 aromatic rings. The van der Waals surface area contributed by atoms with E-state index >= 15 is 0 Å². The summed E-state index contributed by atoms with van der Waals surface area (Å²) in [5.41, 5.74) is 6.81. The Balaban J connectivity index is 1.47. The van der Waals surface area contributed by atoms with Gasteiger partial charge in [0.15, 0.2) is 0 Å². The minimum absolute atomic E-state index is 0.0563. The molecule has 0 bridgehead atoms. The Hall–Kier alpha value is -3.23. The topological polar surface area (TPSA) is 100.0 Å². The lowest BCUT2D eigenvalue weighted by Gasteiger charge is -2.43. The van der Waals surface area contributed by atoms with E-state index in [-0.39, 0.29) is 29.8 Å². The highest BCUT2D eigenvalue weighted by Crippen LogP contribution is 2.51. The second kappa shape index (κ2) is 11.7. The van der Waals surface area contributed by atoms with Crippen molar-refractivity contribution in [1.82, 2.24) is 9.88 Å². The molecule has 0 radical (unpaired) electrons. The lowest BCUT2D eigenvalue weighted by atomic mass is 9.58. The Morgan fingerprint density at radius 1 is 1.15 bits per heavy atom. The molecule has 4 atom stereocenters. The smallest absolute Gasteiger partial charge is 0.455 e. The van der Waals surface area contributed by atoms with Crippen LogP contribution in [0.4, 0.5) is 0 Å². The molecule has 2 saturated heterocycles. The molecule has 210 valence electrons. The van der Waals surface area contributed by atoms with Crippen LogP contribution in [0.2, 0.25) is 6.32 Å². The predicted octanol–water partition coefficient (Wildman–Crippen LogP) is 5.34. The molecule has 2 aliphatic heterocycles. The molecule has 5 rings (SSSR count). The molecule has 0 saturated carbocycles. The third-order valence-corrected chi connectivity index (χ3v) is 8.80. The van der Waals surface area contributed by atoms with Crippen LogP contribution < -0.4 is 0 Å². The number of phenolic OH excluding ortho intramolecular Hbond substituents is 1. The van der Waals surface area contributed by atoms with Crippen LogP contribution in [0.25, 0.3) is 11.6 Å². The fraction of sp³-hybridized carbons (Fsp3) is 0.469. The second-order valence-electron chi connectivity index (χ2n) is 11.4. The minimum Gasteiger partial charge on any atom is -0.507 e. The van der Waals surface area contributed by atoms with Crippen molar-refractivity contribution in [1.29, 1.82) is 0 Å². The predicted molar refractivity (Wildman–Crippen MR) is 156 cm³/mol. The van der Waals surface area contributed by atoms with Gasteiger partial charge in [-0.2, -0.15) is 0 Å². The molecule has 8 heteroatoms. The summed E-state index contributed by atoms with van der Waals surface area (Å²) in [7, 11) is -0.983. The zero-order valence-electron chi connectivity index (χ0n) is 23.9. The average molecular weight is 542 g/mol. The van der Waals surface area contributed by atoms with Gasteiger partial charge < -0.3 is 14.8 Å². The summed E-state index contributed by atoms with van der Waals surface area (Å²) >= 11 is 0. The van der Waals surface area contributed by atoms with Gasteiger partial charge in [0.25, 0.3) is 0 Å². The van der Waals surface area contributed by atoms with Gasteiger partial charge in [-0.15, -0.1) is 0 Å². The molecule has 2 amide bonds. The van der Waals surface area contributed by atoms with E-state index in [1.807, 2.05) is 51.1 Å². The number of rotatable bonds is 8. The zero-order chi connectivity index (χ0) is 28.6. The first kappa shape index (κ1) is 28.3. The van der Waals surface area contributed by atoms with Gasteiger partial charge in [0, 0.05) is 12.7 Å². The Kier molecular flexibility index (Phi) is 8.29. The largest absolute Gasteiger partial charge is 0.507 e. The van der Waals surface area contributed by atoms with Crippen molar-refractivity contribution in [2.75, 3.05) is 6.54 Å². The van der Waals surface area contributed by atoms with E-state index in [9.17, 15) is 19.7 Å². The van der Waals surface area contributed by atoms with Crippen LogP contribution in [-0.2, 0) is 14.2 Å². The number of hydrogen-bond acceptors (Lipinski definition) is 6. The molecule has 1 aromatic heterocycles. The van der Waals surface area contributed by atoms with Crippen LogP contribution in [0.3, 0.4) is 0 Å². The van der Waals surface area contributed by atoms with Crippen molar-refractivity contribution in [3.05, 3.63) is 70.1 Å². The van der Waals surface area contributed by atoms with Crippen molar-refractivity contribution >= 4 is 30.6 Å². The number of aromatic hydroxyl groups is 1. The number of fused-ring (bicyclic) bond motifs is 3. The molecule has 1 aliphatic carbocycles. The maximum absolute atomic E-state index is 13.5. The van der Waals surface area contributed by atoms with Gasteiger partial charge >= 0.3 is 7.12 Å². The number of carbonyl (C=O) groups excluding carboxylic acids is 2. The quantitative estimate of drug-likeness (QED) is 0.265. The molecule has 3 aliphatic rings. The van der Waals surface area contributed by atoms with Crippen molar-refractivity contribution < 1.29 is 24.4 Å². The number of carbonyl (C=O) groups is 2. The molecule has 40 heavy (non-hydrogen) atoms. The summed E-state index contributed by atoms with van der Waals surface area (Å²) < 4.78 is 6.17. The number of allylic oxidation sites excluding steroid dienone is 2. The molecule has 0 spiro atoms. The maximum Gasteiger partial charge on any atom is 0.455 e. The number of phenols is 1. The Bertz CT molecular complexity index is 1330. The van der Waals surface area contributed by atoms with E-state index in [0.717, 1.165) is 46.4 Å². The lowest BCUT2D eigenvalue weighted by Crippen LogP contribution is -2.46. The minimum atomic E-state index is -0.983. The van der Waals surface area contributed by atoms with Crippen LogP contribution in [0.15, 0.2) is 47.7 Å². The molecule has 7 nitrogen and oxygen atoms in total. The maximum atomic E-state index is 13.5. The standard InChI is InChI=1S/C32H39BN2O5/c1-5-13-35-31(37)24-17-22(6-2)28-25(29(24)32(35)38)18-33(39)40-27(28)11-10-23(26-9-7-8-12-34-26)16-21-14-19(3)30(36)20(4)15-21/h7-9,12,14-16,24-25,27,29,36,39H,5-6,10-11,13,17-18H2,1-4H3/b23-16-/t24-,25+,27-,29-/m1/s1. The highest BCUT2D eigenvalue weighted by atomic mass is 16.5. The molecular formula is C32H39BN2O5. The fourth-order valence-electron chi connectivity index (χ4n) is 7.00. The number of imide groups is 1. The van der Waals surface area contributed by atoms with Crippen molar-refractivity contribution in [3.63, 3.8) is 0 Å². The van der Waals surface area contributed by atoms with Gasteiger partial charge in [0.05, 0.1) is 23.6 Å². The van der Waals surface area contributed by atoms with E-state index < -0.39 is 13.0 Å². The molecule has 2 N–H and O–H groups in total. The fourth-order valence-corrected chi connectivity index (χ4v) is 7.00. The molecular weight excluding hydrogens is 503 g/mol. The lowest BCUT2D eigenvalue weighted by molar-refractivity contribution is -0.140. The van der Waals surface area contributed by atoms with Crippen LogP contribution >= 0.6 is 0 Å². The molecule has 0 unspecified atom stereocenters. The number of likely N-dealkylation sites (tertiary alicyclic amines) is 1. The average Bonchev–Trinajstić information content (AvgIpc) is 3.18. The van der Waals surface area contributed by atoms with Gasteiger partial charge in [-0.05, 0) is 116 Å². The highest BCUT2D eigenvalue weighted by Gasteiger charge is 2.56. The van der Waals surface area contributed by atoms with Crippen LogP contribution in [0, 0.1) is 31.6 Å². The summed E-state index contributed by atoms with van der Waals surface area (Å²) in [5.74, 6) is -0.781. The van der Waals surface area contributed by atoms with Gasteiger partial charge in [-0.25, -0.2) is 0 Å². The number of aryl methyl sites for hydroxylation is 2. The van der Waals surface area contributed by atoms with E-state index in [1.165, 1.54) is 10.5 Å². The number of hydrogen-bond donors (Lipinski definition) is 2. The van der Waals surface area contributed by atoms with E-state index in [4.69, 9.17) is 4.65 Å². The Labute approximate surface area is 237 Å². The SMILES string of the molecule is CCCN1C(=O)[C@@H]2[C@@H](CC(CC)=C3[C@@H](CC/C(=C/c4cc(C)c(O)c(C)c4)c4ccccn4)OB(O)C[C@@H]32)C1=O. The number of nitrogens with zero attached hydrogens (tertiary/aromatic N) is 2. The third-order valence-electron chi connectivity index (χ3n) is 8.80. The second-order valence-corrected chi connectivity index (χ2v) is 11.4. The zero-order valence-corrected chi connectivity index (χ0v) is 23.9. The normalized spacial score (nSPS) is 25.0. The van der Waals surface area contributed by atoms with Crippen molar-refractivity contribution in [3.8, 4) is 5.75 Å². The van der Waals surface area contributed by atoms with Crippen LogP contribution in [0.5, 0.6) is 5.75 Å². The van der Waals surface area contributed by atoms with E-state index in [0.29, 0.717) is 37.9 Å². The summed E-state index contributed by atoms with van der Waals surface area (Å²) in [6.07, 6.45) is 7.24. The summed E-state index contributed by atoms with van der Waals surface area (Å²) in [4.78, 5) is 32.7. The van der Waals surface area contributed by atoms with Crippen molar-refractivity contribution in [2.45, 2.75) is 72.2 Å². The first-order valence-corrected chi connectivity index (χ1v) is 14.6. The first-order chi connectivity index (χ1) is 19.2. The summed E-state index contributed by atoms with van der Waals surface area (Å²) in [6, 6.07) is 9.76. The number of pyridine rings is 1. The van der Waals surface area contributed by atoms with Gasteiger partial charge in [0.2, 0.25) is 11.8 Å². The van der Waals surface area contributed by atoms with Gasteiger partial charge in [-0.1, -0.05) is 25.5 Å². The van der Waals surface area contributed by atoms with Crippen molar-refractivity contribution in [2.24, 2.45) is 17.8 Å². The number of amides is 2.